The fourth-order valence-corrected chi connectivity index (χ4v) is 0. The first kappa shape index (κ1) is 16.6. The first-order chi connectivity index (χ1) is 4.54. The monoisotopic (exact) mass is 163 g/mol. The summed E-state index contributed by atoms with van der Waals surface area (Å²) < 4.78 is 0. The molecule has 5 N–H and O–H groups in total. The van der Waals surface area contributed by atoms with Gasteiger partial charge in [0, 0.05) is 6.08 Å². The Kier molecular flexibility index (Phi) is 17.9. The predicted molar refractivity (Wildman–Crippen MR) is 44.8 cm³/mol. The molecule has 0 aliphatic heterocycles. The fourth-order valence-electron chi connectivity index (χ4n) is 0. The Bertz CT molecular complexity index is 102. The average molecular weight is 163 g/mol. The third-order valence-electron chi connectivity index (χ3n) is 0.765. The lowest BCUT2D eigenvalue weighted by atomic mass is 10.3. The topological polar surface area (TPSA) is 92.5 Å². The van der Waals surface area contributed by atoms with Crippen LogP contribution in [-0.4, -0.2) is 22.3 Å². The highest BCUT2D eigenvalue weighted by Crippen LogP contribution is 1.81. The molecule has 0 amide bonds. The first-order valence-corrected chi connectivity index (χ1v) is 3.08. The number of carbonyl (C=O) groups is 1. The zero-order valence-electron chi connectivity index (χ0n) is 7.08. The second kappa shape index (κ2) is 11.9. The number of rotatable bonds is 2. The Labute approximate surface area is 67.1 Å². The first-order valence-electron chi connectivity index (χ1n) is 3.08. The van der Waals surface area contributed by atoms with Crippen molar-refractivity contribution < 1.29 is 15.0 Å². The molecule has 0 saturated heterocycles. The Morgan fingerprint density at radius 1 is 1.73 bits per heavy atom. The molecule has 0 heterocycles. The van der Waals surface area contributed by atoms with Crippen LogP contribution in [0.15, 0.2) is 12.7 Å². The van der Waals surface area contributed by atoms with Crippen LogP contribution in [-0.2, 0) is 4.79 Å². The van der Waals surface area contributed by atoms with E-state index in [2.05, 4.69) is 6.58 Å². The van der Waals surface area contributed by atoms with E-state index in [-0.39, 0.29) is 12.3 Å². The van der Waals surface area contributed by atoms with Gasteiger partial charge in [0.2, 0.25) is 0 Å². The number of aliphatic hydroxyl groups is 1. The molecule has 0 aromatic heterocycles. The molecule has 0 rings (SSSR count). The number of aliphatic carboxylic acids is 1. The normalized spacial score (nSPS) is 9.73. The van der Waals surface area contributed by atoms with Gasteiger partial charge in [-0.3, -0.25) is 0 Å². The van der Waals surface area contributed by atoms with E-state index in [1.165, 1.54) is 0 Å². The standard InChI is InChI=1S/C4H10O.C3H4O2.H3N/c1-3-4(2)5;1-2-3(4)5;/h4-5H,3H2,1-2H3;2H,1H2,(H,4,5);1H3. The van der Waals surface area contributed by atoms with Crippen LogP contribution >= 0.6 is 0 Å². The lowest BCUT2D eigenvalue weighted by Gasteiger charge is -1.90. The Hall–Kier alpha value is -0.870. The summed E-state index contributed by atoms with van der Waals surface area (Å²) in [6.07, 6.45) is 1.58. The Morgan fingerprint density at radius 3 is 1.91 bits per heavy atom. The molecule has 4 heteroatoms. The van der Waals surface area contributed by atoms with Crippen LogP contribution in [0.4, 0.5) is 0 Å². The molecular formula is C7H17NO3. The van der Waals surface area contributed by atoms with Crippen LogP contribution < -0.4 is 6.15 Å². The zero-order chi connectivity index (χ0) is 8.57. The van der Waals surface area contributed by atoms with E-state index < -0.39 is 5.97 Å². The molecule has 0 aromatic rings. The maximum atomic E-state index is 9.25. The number of hydrogen-bond acceptors (Lipinski definition) is 3. The Morgan fingerprint density at radius 2 is 1.91 bits per heavy atom. The molecule has 0 saturated carbocycles. The van der Waals surface area contributed by atoms with Crippen molar-refractivity contribution >= 4 is 5.97 Å². The molecule has 1 unspecified atom stereocenters. The maximum absolute atomic E-state index is 9.25. The molecule has 0 aromatic carbocycles. The SMILES string of the molecule is C=CC(=O)O.CCC(C)O.N. The average Bonchev–Trinajstić information content (AvgIpc) is 1.89. The van der Waals surface area contributed by atoms with Gasteiger partial charge in [0.25, 0.3) is 0 Å². The molecule has 11 heavy (non-hydrogen) atoms. The third-order valence-corrected chi connectivity index (χ3v) is 0.765. The van der Waals surface area contributed by atoms with Crippen molar-refractivity contribution in [3.8, 4) is 0 Å². The summed E-state index contributed by atoms with van der Waals surface area (Å²) in [5.74, 6) is -0.981. The lowest BCUT2D eigenvalue weighted by Crippen LogP contribution is -1.93. The smallest absolute Gasteiger partial charge is 0.327 e. The van der Waals surface area contributed by atoms with Gasteiger partial charge in [-0.25, -0.2) is 4.79 Å². The number of hydrogen-bond donors (Lipinski definition) is 3. The molecule has 0 aliphatic carbocycles. The summed E-state index contributed by atoms with van der Waals surface area (Å²) in [6, 6.07) is 0. The number of aliphatic hydroxyl groups excluding tert-OH is 1. The molecule has 0 radical (unpaired) electrons. The van der Waals surface area contributed by atoms with E-state index >= 15 is 0 Å². The van der Waals surface area contributed by atoms with Crippen molar-refractivity contribution in [2.24, 2.45) is 0 Å². The van der Waals surface area contributed by atoms with Gasteiger partial charge in [0.1, 0.15) is 0 Å². The minimum Gasteiger partial charge on any atom is -0.478 e. The van der Waals surface area contributed by atoms with Gasteiger partial charge in [-0.05, 0) is 13.3 Å². The second-order valence-corrected chi connectivity index (χ2v) is 1.80. The largest absolute Gasteiger partial charge is 0.478 e. The van der Waals surface area contributed by atoms with E-state index in [1.807, 2.05) is 6.92 Å². The molecule has 0 aliphatic rings. The van der Waals surface area contributed by atoms with Crippen molar-refractivity contribution in [3.05, 3.63) is 12.7 Å². The quantitative estimate of drug-likeness (QED) is 0.533. The van der Waals surface area contributed by atoms with E-state index in [0.717, 1.165) is 12.5 Å². The summed E-state index contributed by atoms with van der Waals surface area (Å²) in [5, 5.41) is 16.0. The zero-order valence-corrected chi connectivity index (χ0v) is 7.08. The van der Waals surface area contributed by atoms with Crippen molar-refractivity contribution in [3.63, 3.8) is 0 Å². The van der Waals surface area contributed by atoms with Crippen LogP contribution in [0.2, 0.25) is 0 Å². The van der Waals surface area contributed by atoms with Crippen molar-refractivity contribution in [2.75, 3.05) is 0 Å². The van der Waals surface area contributed by atoms with E-state index in [9.17, 15) is 4.79 Å². The maximum Gasteiger partial charge on any atom is 0.327 e. The van der Waals surface area contributed by atoms with E-state index in [1.54, 1.807) is 6.92 Å². The Balaban J connectivity index is -0.000000107. The fraction of sp³-hybridized carbons (Fsp3) is 0.571. The molecule has 4 nitrogen and oxygen atoms in total. The second-order valence-electron chi connectivity index (χ2n) is 1.80. The molecular weight excluding hydrogens is 146 g/mol. The highest BCUT2D eigenvalue weighted by atomic mass is 16.4. The molecule has 68 valence electrons. The van der Waals surface area contributed by atoms with Gasteiger partial charge in [0.05, 0.1) is 6.10 Å². The van der Waals surface area contributed by atoms with E-state index in [4.69, 9.17) is 10.2 Å². The molecule has 0 bridgehead atoms. The summed E-state index contributed by atoms with van der Waals surface area (Å²) in [6.45, 7) is 6.69. The third kappa shape index (κ3) is 47.4. The van der Waals surface area contributed by atoms with E-state index in [0.29, 0.717) is 0 Å². The van der Waals surface area contributed by atoms with Crippen LogP contribution in [0.1, 0.15) is 20.3 Å². The van der Waals surface area contributed by atoms with Crippen LogP contribution in [0, 0.1) is 0 Å². The molecule has 0 fully saturated rings. The van der Waals surface area contributed by atoms with Gasteiger partial charge >= 0.3 is 5.97 Å². The minimum absolute atomic E-state index is 0. The van der Waals surface area contributed by atoms with Crippen molar-refractivity contribution in [1.82, 2.24) is 6.15 Å². The van der Waals surface area contributed by atoms with Gasteiger partial charge in [-0.2, -0.15) is 0 Å². The lowest BCUT2D eigenvalue weighted by molar-refractivity contribution is -0.131. The van der Waals surface area contributed by atoms with Crippen molar-refractivity contribution in [1.29, 1.82) is 0 Å². The van der Waals surface area contributed by atoms with Crippen LogP contribution in [0.3, 0.4) is 0 Å². The van der Waals surface area contributed by atoms with Crippen LogP contribution in [0.25, 0.3) is 0 Å². The number of carboxylic acid groups (broad SMARTS) is 1. The van der Waals surface area contributed by atoms with Gasteiger partial charge in [0.15, 0.2) is 0 Å². The van der Waals surface area contributed by atoms with Gasteiger partial charge in [-0.15, -0.1) is 0 Å². The summed E-state index contributed by atoms with van der Waals surface area (Å²) in [5.41, 5.74) is 0. The van der Waals surface area contributed by atoms with Crippen molar-refractivity contribution in [2.45, 2.75) is 26.4 Å². The summed E-state index contributed by atoms with van der Waals surface area (Å²) >= 11 is 0. The summed E-state index contributed by atoms with van der Waals surface area (Å²) in [7, 11) is 0. The van der Waals surface area contributed by atoms with Crippen LogP contribution in [0.5, 0.6) is 0 Å². The summed E-state index contributed by atoms with van der Waals surface area (Å²) in [4.78, 5) is 9.25. The number of carboxylic acids is 1. The molecule has 0 spiro atoms. The molecule has 1 atom stereocenters. The highest BCUT2D eigenvalue weighted by molar-refractivity contribution is 5.78. The van der Waals surface area contributed by atoms with Gasteiger partial charge in [-0.1, -0.05) is 13.5 Å². The predicted octanol–water partition coefficient (Wildman–Crippen LogP) is 1.20. The van der Waals surface area contributed by atoms with Gasteiger partial charge < -0.3 is 16.4 Å². The highest BCUT2D eigenvalue weighted by Gasteiger charge is 1.81. The minimum atomic E-state index is -0.981.